The van der Waals surface area contributed by atoms with E-state index >= 15 is 0 Å². The van der Waals surface area contributed by atoms with Gasteiger partial charge in [-0.2, -0.15) is 0 Å². The second-order valence-corrected chi connectivity index (χ2v) is 10.9. The zero-order valence-corrected chi connectivity index (χ0v) is 18.6. The molecule has 0 spiro atoms. The minimum absolute atomic E-state index is 0.116. The van der Waals surface area contributed by atoms with Gasteiger partial charge in [-0.1, -0.05) is 47.5 Å². The summed E-state index contributed by atoms with van der Waals surface area (Å²) in [5.74, 6) is -0.713. The van der Waals surface area contributed by atoms with E-state index in [0.29, 0.717) is 11.8 Å². The fourth-order valence-corrected chi connectivity index (χ4v) is 5.95. The highest BCUT2D eigenvalue weighted by Crippen LogP contribution is 2.56. The van der Waals surface area contributed by atoms with Gasteiger partial charge >= 0.3 is 6.09 Å². The van der Waals surface area contributed by atoms with E-state index in [1.165, 1.54) is 12.1 Å². The molecule has 2 aromatic rings. The Balaban J connectivity index is 2.04. The molecule has 7 heteroatoms. The summed E-state index contributed by atoms with van der Waals surface area (Å²) in [4.78, 5) is 24.8. The summed E-state index contributed by atoms with van der Waals surface area (Å²) < 4.78 is 32.2. The topological polar surface area (TPSA) is 89.5 Å². The average molecular weight is 430 g/mol. The van der Waals surface area contributed by atoms with Crippen molar-refractivity contribution in [2.75, 3.05) is 0 Å². The zero-order chi connectivity index (χ0) is 22.3. The molecular weight excluding hydrogens is 402 g/mol. The van der Waals surface area contributed by atoms with E-state index in [9.17, 15) is 18.0 Å². The van der Waals surface area contributed by atoms with Gasteiger partial charge in [0.15, 0.2) is 9.84 Å². The van der Waals surface area contributed by atoms with Crippen LogP contribution in [0.5, 0.6) is 0 Å². The minimum Gasteiger partial charge on any atom is -0.444 e. The fourth-order valence-electron chi connectivity index (χ4n) is 3.71. The Morgan fingerprint density at radius 3 is 1.97 bits per heavy atom. The fraction of sp³-hybridized carbons (Fsp3) is 0.391. The summed E-state index contributed by atoms with van der Waals surface area (Å²) in [6.07, 6.45) is -0.300. The molecule has 30 heavy (non-hydrogen) atoms. The number of carbonyl (C=O) groups excluding carboxylic acids is 2. The molecule has 160 valence electrons. The maximum absolute atomic E-state index is 13.4. The third kappa shape index (κ3) is 4.12. The number of sulfone groups is 1. The van der Waals surface area contributed by atoms with Crippen LogP contribution in [0, 0.1) is 13.8 Å². The molecule has 3 rings (SSSR count). The lowest BCUT2D eigenvalue weighted by molar-refractivity contribution is -0.110. The van der Waals surface area contributed by atoms with Crippen LogP contribution >= 0.6 is 0 Å². The van der Waals surface area contributed by atoms with Crippen LogP contribution in [0.3, 0.4) is 0 Å². The number of alkyl carbamates (subject to hydrolysis) is 1. The Kier molecular flexibility index (Phi) is 5.54. The highest BCUT2D eigenvalue weighted by molar-refractivity contribution is 7.92. The van der Waals surface area contributed by atoms with Crippen LogP contribution in [0.25, 0.3) is 0 Å². The van der Waals surface area contributed by atoms with E-state index in [0.717, 1.165) is 11.1 Å². The normalized spacial score (nSPS) is 23.5. The first kappa shape index (κ1) is 22.0. The van der Waals surface area contributed by atoms with Crippen LogP contribution in [-0.2, 0) is 19.4 Å². The van der Waals surface area contributed by atoms with Crippen molar-refractivity contribution in [2.45, 2.75) is 61.8 Å². The summed E-state index contributed by atoms with van der Waals surface area (Å²) in [6.45, 7) is 8.88. The van der Waals surface area contributed by atoms with Crippen LogP contribution in [0.4, 0.5) is 4.79 Å². The Morgan fingerprint density at radius 1 is 1.00 bits per heavy atom. The number of hydrogen-bond acceptors (Lipinski definition) is 5. The summed E-state index contributed by atoms with van der Waals surface area (Å²) in [5.41, 5.74) is 0.224. The molecule has 1 aliphatic carbocycles. The third-order valence-electron chi connectivity index (χ3n) is 5.21. The quantitative estimate of drug-likeness (QED) is 0.732. The van der Waals surface area contributed by atoms with Crippen molar-refractivity contribution in [2.24, 2.45) is 0 Å². The predicted molar refractivity (Wildman–Crippen MR) is 114 cm³/mol. The van der Waals surface area contributed by atoms with Gasteiger partial charge in [-0.3, -0.25) is 0 Å². The Hall–Kier alpha value is -2.67. The van der Waals surface area contributed by atoms with Crippen molar-refractivity contribution in [3.63, 3.8) is 0 Å². The second-order valence-electron chi connectivity index (χ2n) is 8.84. The van der Waals surface area contributed by atoms with Crippen molar-refractivity contribution >= 4 is 22.2 Å². The van der Waals surface area contributed by atoms with E-state index in [-0.39, 0.29) is 4.90 Å². The van der Waals surface area contributed by atoms with Crippen molar-refractivity contribution in [1.82, 2.24) is 5.32 Å². The molecule has 6 nitrogen and oxygen atoms in total. The molecule has 2 aromatic carbocycles. The van der Waals surface area contributed by atoms with Gasteiger partial charge in [-0.05, 0) is 52.3 Å². The highest BCUT2D eigenvalue weighted by Gasteiger charge is 2.73. The average Bonchev–Trinajstić information content (AvgIpc) is 3.30. The lowest BCUT2D eigenvalue weighted by Crippen LogP contribution is -2.45. The maximum Gasteiger partial charge on any atom is 0.408 e. The lowest BCUT2D eigenvalue weighted by Gasteiger charge is -2.22. The summed E-state index contributed by atoms with van der Waals surface area (Å²) in [6, 6.07) is 13.8. The number of benzene rings is 2. The zero-order valence-electron chi connectivity index (χ0n) is 17.8. The molecule has 0 saturated heterocycles. The summed E-state index contributed by atoms with van der Waals surface area (Å²) >= 11 is 0. The van der Waals surface area contributed by atoms with Gasteiger partial charge < -0.3 is 14.8 Å². The first-order chi connectivity index (χ1) is 13.9. The molecule has 1 N–H and O–H groups in total. The molecule has 1 aliphatic rings. The first-order valence-corrected chi connectivity index (χ1v) is 11.3. The number of amides is 1. The standard InChI is InChI=1S/C23H27NO5S/c1-15-6-10-17(11-7-15)19-20(30(27,28)18-12-8-16(2)9-13-18)23(19,14-25)24-21(26)29-22(3,4)5/h6-14,19-20H,1-5H3,(H,24,26). The third-order valence-corrected chi connectivity index (χ3v) is 7.47. The summed E-state index contributed by atoms with van der Waals surface area (Å²) in [5, 5.41) is 1.44. The molecule has 3 unspecified atom stereocenters. The van der Waals surface area contributed by atoms with E-state index in [1.54, 1.807) is 45.0 Å². The molecule has 0 radical (unpaired) electrons. The van der Waals surface area contributed by atoms with Crippen LogP contribution in [0.2, 0.25) is 0 Å². The van der Waals surface area contributed by atoms with Gasteiger partial charge in [0.1, 0.15) is 22.7 Å². The van der Waals surface area contributed by atoms with E-state index in [2.05, 4.69) is 5.32 Å². The molecule has 1 fully saturated rings. The number of rotatable bonds is 5. The van der Waals surface area contributed by atoms with Gasteiger partial charge in [0.25, 0.3) is 0 Å². The van der Waals surface area contributed by atoms with Crippen molar-refractivity contribution in [3.8, 4) is 0 Å². The second kappa shape index (κ2) is 7.54. The Morgan fingerprint density at radius 2 is 1.50 bits per heavy atom. The van der Waals surface area contributed by atoms with Crippen molar-refractivity contribution < 1.29 is 22.7 Å². The molecule has 1 amide bonds. The van der Waals surface area contributed by atoms with E-state index in [4.69, 9.17) is 4.74 Å². The number of ether oxygens (including phenoxy) is 1. The SMILES string of the molecule is Cc1ccc(C2C(S(=O)(=O)c3ccc(C)cc3)C2(C=O)NC(=O)OC(C)(C)C)cc1. The largest absolute Gasteiger partial charge is 0.444 e. The molecule has 0 heterocycles. The lowest BCUT2D eigenvalue weighted by atomic mass is 10.1. The van der Waals surface area contributed by atoms with E-state index < -0.39 is 38.2 Å². The number of hydrogen-bond donors (Lipinski definition) is 1. The van der Waals surface area contributed by atoms with Crippen LogP contribution < -0.4 is 5.32 Å². The number of aryl methyl sites for hydroxylation is 2. The monoisotopic (exact) mass is 429 g/mol. The minimum atomic E-state index is -3.90. The molecule has 3 atom stereocenters. The van der Waals surface area contributed by atoms with Crippen molar-refractivity contribution in [3.05, 3.63) is 65.2 Å². The number of aldehydes is 1. The van der Waals surface area contributed by atoms with Gasteiger partial charge in [-0.25, -0.2) is 13.2 Å². The van der Waals surface area contributed by atoms with Gasteiger partial charge in [0.05, 0.1) is 4.90 Å². The Labute approximate surface area is 177 Å². The van der Waals surface area contributed by atoms with Crippen LogP contribution in [-0.4, -0.2) is 37.2 Å². The molecule has 0 aromatic heterocycles. The smallest absolute Gasteiger partial charge is 0.408 e. The van der Waals surface area contributed by atoms with Gasteiger partial charge in [0.2, 0.25) is 0 Å². The predicted octanol–water partition coefficient (Wildman–Crippen LogP) is 3.71. The molecular formula is C23H27NO5S. The van der Waals surface area contributed by atoms with Gasteiger partial charge in [-0.15, -0.1) is 0 Å². The van der Waals surface area contributed by atoms with Gasteiger partial charge in [0, 0.05) is 5.92 Å². The van der Waals surface area contributed by atoms with Crippen LogP contribution in [0.1, 0.15) is 43.4 Å². The van der Waals surface area contributed by atoms with E-state index in [1.807, 2.05) is 26.0 Å². The van der Waals surface area contributed by atoms with Crippen LogP contribution in [0.15, 0.2) is 53.4 Å². The highest BCUT2D eigenvalue weighted by atomic mass is 32.2. The molecule has 0 aliphatic heterocycles. The summed E-state index contributed by atoms with van der Waals surface area (Å²) in [7, 11) is -3.90. The Bertz CT molecular complexity index is 1050. The number of nitrogens with one attached hydrogen (secondary N) is 1. The molecule has 1 saturated carbocycles. The van der Waals surface area contributed by atoms with Crippen molar-refractivity contribution in [1.29, 1.82) is 0 Å². The molecule has 0 bridgehead atoms. The maximum atomic E-state index is 13.4. The first-order valence-electron chi connectivity index (χ1n) is 9.75. The number of carbonyl (C=O) groups is 2.